The summed E-state index contributed by atoms with van der Waals surface area (Å²) in [6.07, 6.45) is 3.49. The van der Waals surface area contributed by atoms with Crippen LogP contribution in [0.4, 0.5) is 16.0 Å². The molecule has 0 fully saturated rings. The molecule has 14 heteroatoms. The molecule has 0 aliphatic carbocycles. The molecule has 2 N–H and O–H groups in total. The molecular formula is C31H28ClFN8O3S. The molecule has 3 heterocycles. The number of nitrogens with zero attached hydrogens (tertiary/aromatic N) is 7. The summed E-state index contributed by atoms with van der Waals surface area (Å²) in [6, 6.07) is 14.1. The number of halogens is 2. The van der Waals surface area contributed by atoms with E-state index in [1.165, 1.54) is 34.4 Å². The standard InChI is InChI=1S/C31H28ClFN8O3S/c1-19(40(3)30-24(28(34)36-18-37-30)14-13-22-12-11-21(33)16-35-22)29-38-26-10-6-9-25(32)27(26)31(42)41(29)23-8-5-7-20(15-23)17-39(2)45(4,43)44/h5-12,15-16,18-19H,17H2,1-4H3,(H2,34,36,37). The molecule has 0 bridgehead atoms. The molecule has 0 aliphatic heterocycles. The van der Waals surface area contributed by atoms with Gasteiger partial charge in [-0.3, -0.25) is 9.36 Å². The van der Waals surface area contributed by atoms with Crippen LogP contribution in [-0.2, 0) is 16.6 Å². The molecular weight excluding hydrogens is 619 g/mol. The van der Waals surface area contributed by atoms with Gasteiger partial charge in [0.05, 0.1) is 40.1 Å². The van der Waals surface area contributed by atoms with Gasteiger partial charge in [-0.2, -0.15) is 0 Å². The number of aromatic nitrogens is 5. The molecule has 5 rings (SSSR count). The van der Waals surface area contributed by atoms with Crippen molar-refractivity contribution in [2.24, 2.45) is 0 Å². The molecule has 0 aliphatic rings. The van der Waals surface area contributed by atoms with Gasteiger partial charge in [-0.25, -0.2) is 37.0 Å². The van der Waals surface area contributed by atoms with Crippen LogP contribution >= 0.6 is 11.6 Å². The zero-order valence-corrected chi connectivity index (χ0v) is 26.3. The van der Waals surface area contributed by atoms with Gasteiger partial charge >= 0.3 is 0 Å². The van der Waals surface area contributed by atoms with E-state index in [1.54, 1.807) is 54.4 Å². The largest absolute Gasteiger partial charge is 0.382 e. The van der Waals surface area contributed by atoms with Crippen molar-refractivity contribution in [3.8, 4) is 17.5 Å². The van der Waals surface area contributed by atoms with E-state index in [0.717, 1.165) is 12.5 Å². The van der Waals surface area contributed by atoms with Crippen LogP contribution in [-0.4, -0.2) is 57.6 Å². The highest BCUT2D eigenvalue weighted by Gasteiger charge is 2.25. The van der Waals surface area contributed by atoms with Crippen LogP contribution in [0.15, 0.2) is 71.9 Å². The summed E-state index contributed by atoms with van der Waals surface area (Å²) in [5, 5.41) is 0.482. The van der Waals surface area contributed by atoms with Crippen LogP contribution in [0.5, 0.6) is 0 Å². The Balaban J connectivity index is 1.65. The van der Waals surface area contributed by atoms with Crippen molar-refractivity contribution in [1.29, 1.82) is 0 Å². The van der Waals surface area contributed by atoms with E-state index in [2.05, 4.69) is 26.8 Å². The maximum atomic E-state index is 14.1. The molecule has 2 aromatic carbocycles. The molecule has 230 valence electrons. The molecule has 0 radical (unpaired) electrons. The number of benzene rings is 2. The third-order valence-electron chi connectivity index (χ3n) is 7.20. The van der Waals surface area contributed by atoms with E-state index in [9.17, 15) is 17.6 Å². The van der Waals surface area contributed by atoms with Crippen molar-refractivity contribution in [2.75, 3.05) is 31.0 Å². The third kappa shape index (κ3) is 6.63. The molecule has 0 spiro atoms. The minimum atomic E-state index is -3.44. The molecule has 0 saturated heterocycles. The topological polar surface area (TPSA) is 140 Å². The van der Waals surface area contributed by atoms with Gasteiger partial charge in [0.2, 0.25) is 10.0 Å². The number of sulfonamides is 1. The normalized spacial score (nSPS) is 12.2. The first kappa shape index (κ1) is 31.5. The fourth-order valence-corrected chi connectivity index (χ4v) is 5.25. The lowest BCUT2D eigenvalue weighted by molar-refractivity contribution is 0.472. The SMILES string of the molecule is CC(c1nc2cccc(Cl)c2c(=O)n1-c1cccc(CN(C)S(C)(=O)=O)c1)N(C)c1ncnc(N)c1C#Cc1ccc(F)cn1. The Morgan fingerprint density at radius 1 is 1.07 bits per heavy atom. The summed E-state index contributed by atoms with van der Waals surface area (Å²) in [4.78, 5) is 33.3. The molecule has 0 saturated carbocycles. The first-order chi connectivity index (χ1) is 21.3. The lowest BCUT2D eigenvalue weighted by Crippen LogP contribution is -2.32. The first-order valence-corrected chi connectivity index (χ1v) is 15.8. The number of fused-ring (bicyclic) bond motifs is 1. The summed E-state index contributed by atoms with van der Waals surface area (Å²) in [6.45, 7) is 1.94. The average Bonchev–Trinajstić information content (AvgIpc) is 3.00. The van der Waals surface area contributed by atoms with Gasteiger partial charge < -0.3 is 10.6 Å². The summed E-state index contributed by atoms with van der Waals surface area (Å²) < 4.78 is 40.1. The van der Waals surface area contributed by atoms with E-state index >= 15 is 0 Å². The Bertz CT molecular complexity index is 2150. The highest BCUT2D eigenvalue weighted by molar-refractivity contribution is 7.88. The van der Waals surface area contributed by atoms with Crippen LogP contribution in [0.1, 0.15) is 35.6 Å². The van der Waals surface area contributed by atoms with Crippen LogP contribution in [0.3, 0.4) is 0 Å². The van der Waals surface area contributed by atoms with E-state index in [0.29, 0.717) is 39.7 Å². The Morgan fingerprint density at radius 2 is 1.82 bits per heavy atom. The van der Waals surface area contributed by atoms with Crippen LogP contribution in [0, 0.1) is 17.7 Å². The summed E-state index contributed by atoms with van der Waals surface area (Å²) in [7, 11) is -0.208. The Morgan fingerprint density at radius 3 is 2.53 bits per heavy atom. The lowest BCUT2D eigenvalue weighted by Gasteiger charge is -2.29. The van der Waals surface area contributed by atoms with Crippen molar-refractivity contribution in [1.82, 2.24) is 28.8 Å². The number of anilines is 2. The number of hydrogen-bond donors (Lipinski definition) is 1. The van der Waals surface area contributed by atoms with E-state index < -0.39 is 27.4 Å². The Hall–Kier alpha value is -4.90. The van der Waals surface area contributed by atoms with E-state index in [4.69, 9.17) is 22.3 Å². The zero-order chi connectivity index (χ0) is 32.5. The number of nitrogens with two attached hydrogens (primary N) is 1. The molecule has 0 amide bonds. The number of hydrogen-bond acceptors (Lipinski definition) is 9. The quantitative estimate of drug-likeness (QED) is 0.260. The zero-order valence-electron chi connectivity index (χ0n) is 24.7. The second kappa shape index (κ2) is 12.6. The summed E-state index contributed by atoms with van der Waals surface area (Å²) >= 11 is 6.49. The van der Waals surface area contributed by atoms with Crippen molar-refractivity contribution < 1.29 is 12.8 Å². The third-order valence-corrected chi connectivity index (χ3v) is 8.78. The lowest BCUT2D eigenvalue weighted by atomic mass is 10.1. The molecule has 1 unspecified atom stereocenters. The number of pyridine rings is 1. The van der Waals surface area contributed by atoms with Crippen molar-refractivity contribution in [3.63, 3.8) is 0 Å². The van der Waals surface area contributed by atoms with Crippen LogP contribution in [0.2, 0.25) is 5.02 Å². The monoisotopic (exact) mass is 646 g/mol. The van der Waals surface area contributed by atoms with E-state index in [1.807, 2.05) is 6.92 Å². The second-order valence-corrected chi connectivity index (χ2v) is 12.8. The molecule has 11 nitrogen and oxygen atoms in total. The maximum absolute atomic E-state index is 14.1. The Kier molecular flexibility index (Phi) is 8.83. The van der Waals surface area contributed by atoms with Gasteiger partial charge in [0.15, 0.2) is 0 Å². The van der Waals surface area contributed by atoms with Crippen molar-refractivity contribution in [3.05, 3.63) is 111 Å². The summed E-state index contributed by atoms with van der Waals surface area (Å²) in [5.74, 6) is 6.16. The van der Waals surface area contributed by atoms with Crippen LogP contribution < -0.4 is 16.2 Å². The molecule has 1 atom stereocenters. The molecule has 45 heavy (non-hydrogen) atoms. The summed E-state index contributed by atoms with van der Waals surface area (Å²) in [5.41, 5.74) is 7.97. The van der Waals surface area contributed by atoms with Gasteiger partial charge in [-0.15, -0.1) is 0 Å². The van der Waals surface area contributed by atoms with Gasteiger partial charge in [0.1, 0.15) is 40.9 Å². The first-order valence-electron chi connectivity index (χ1n) is 13.5. The predicted octanol–water partition coefficient (Wildman–Crippen LogP) is 3.93. The van der Waals surface area contributed by atoms with Crippen molar-refractivity contribution >= 4 is 44.2 Å². The van der Waals surface area contributed by atoms with Gasteiger partial charge in [0.25, 0.3) is 5.56 Å². The van der Waals surface area contributed by atoms with Gasteiger partial charge in [0, 0.05) is 20.6 Å². The maximum Gasteiger partial charge on any atom is 0.267 e. The molecule has 5 aromatic rings. The minimum Gasteiger partial charge on any atom is -0.382 e. The highest BCUT2D eigenvalue weighted by Crippen LogP contribution is 2.30. The average molecular weight is 647 g/mol. The smallest absolute Gasteiger partial charge is 0.267 e. The minimum absolute atomic E-state index is 0.0964. The highest BCUT2D eigenvalue weighted by atomic mass is 35.5. The molecule has 3 aromatic heterocycles. The number of rotatable bonds is 7. The van der Waals surface area contributed by atoms with Gasteiger partial charge in [-0.05, 0) is 54.8 Å². The van der Waals surface area contributed by atoms with E-state index in [-0.39, 0.29) is 22.8 Å². The van der Waals surface area contributed by atoms with Crippen molar-refractivity contribution in [2.45, 2.75) is 19.5 Å². The van der Waals surface area contributed by atoms with Gasteiger partial charge in [-0.1, -0.05) is 35.7 Å². The fraction of sp³-hybridized carbons (Fsp3) is 0.194. The fourth-order valence-electron chi connectivity index (χ4n) is 4.61. The second-order valence-electron chi connectivity index (χ2n) is 10.3. The predicted molar refractivity (Wildman–Crippen MR) is 172 cm³/mol. The number of nitrogen functional groups attached to an aromatic ring is 1. The Labute approximate surface area is 264 Å². The van der Waals surface area contributed by atoms with Crippen LogP contribution in [0.25, 0.3) is 16.6 Å².